The number of hydroxylamine groups is 1. The molecule has 0 aromatic heterocycles. The first-order chi connectivity index (χ1) is 14.9. The maximum Gasteiger partial charge on any atom is 0.256 e. The van der Waals surface area contributed by atoms with E-state index in [2.05, 4.69) is 5.43 Å². The van der Waals surface area contributed by atoms with E-state index in [1.807, 2.05) is 57.2 Å². The van der Waals surface area contributed by atoms with Crippen molar-refractivity contribution in [3.05, 3.63) is 48.0 Å². The normalized spacial score (nSPS) is 15.4. The Morgan fingerprint density at radius 3 is 2.25 bits per heavy atom. The van der Waals surface area contributed by atoms with Crippen LogP contribution in [0, 0.1) is 17.8 Å². The number of carbonyl (C=O) groups excluding carboxylic acids is 2. The van der Waals surface area contributed by atoms with Crippen LogP contribution in [-0.2, 0) is 25.0 Å². The monoisotopic (exact) mass is 469 g/mol. The number of aliphatic hydroxyl groups excluding tert-OH is 1. The molecular formula is C22H35N3O6S. The van der Waals surface area contributed by atoms with Crippen molar-refractivity contribution in [1.82, 2.24) is 15.3 Å². The minimum Gasteiger partial charge on any atom is -0.396 e. The van der Waals surface area contributed by atoms with Crippen molar-refractivity contribution in [3.63, 3.8) is 0 Å². The second kappa shape index (κ2) is 12.1. The van der Waals surface area contributed by atoms with E-state index in [-0.39, 0.29) is 13.2 Å². The zero-order valence-corrected chi connectivity index (χ0v) is 20.1. The molecule has 1 aromatic rings. The molecule has 0 aliphatic heterocycles. The van der Waals surface area contributed by atoms with Gasteiger partial charge in [-0.25, -0.2) is 13.9 Å². The molecule has 0 bridgehead atoms. The van der Waals surface area contributed by atoms with Crippen molar-refractivity contribution in [3.8, 4) is 0 Å². The number of rotatable bonds is 12. The van der Waals surface area contributed by atoms with E-state index in [0.717, 1.165) is 11.8 Å². The van der Waals surface area contributed by atoms with Gasteiger partial charge in [0.15, 0.2) is 0 Å². The molecule has 0 radical (unpaired) electrons. The predicted octanol–water partition coefficient (Wildman–Crippen LogP) is 1.59. The molecule has 2 amide bonds. The van der Waals surface area contributed by atoms with E-state index in [1.165, 1.54) is 0 Å². The van der Waals surface area contributed by atoms with E-state index in [4.69, 9.17) is 0 Å². The molecule has 0 heterocycles. The molecular weight excluding hydrogens is 434 g/mol. The average molecular weight is 470 g/mol. The largest absolute Gasteiger partial charge is 0.396 e. The molecule has 0 aliphatic rings. The summed E-state index contributed by atoms with van der Waals surface area (Å²) in [5.41, 5.74) is 3.99. The Morgan fingerprint density at radius 2 is 1.78 bits per heavy atom. The Kier molecular flexibility index (Phi) is 10.5. The lowest BCUT2D eigenvalue weighted by Crippen LogP contribution is -2.55. The molecule has 0 saturated carbocycles. The van der Waals surface area contributed by atoms with Crippen LogP contribution in [0.2, 0.25) is 0 Å². The number of carbonyl (C=O) groups is 2. The molecule has 180 valence electrons. The van der Waals surface area contributed by atoms with Gasteiger partial charge in [-0.2, -0.15) is 0 Å². The molecule has 10 heteroatoms. The summed E-state index contributed by atoms with van der Waals surface area (Å²) in [6.45, 7) is 6.82. The van der Waals surface area contributed by atoms with Gasteiger partial charge in [-0.1, -0.05) is 70.2 Å². The van der Waals surface area contributed by atoms with E-state index in [9.17, 15) is 28.3 Å². The predicted molar refractivity (Wildman–Crippen MR) is 122 cm³/mol. The molecule has 9 nitrogen and oxygen atoms in total. The zero-order chi connectivity index (χ0) is 24.5. The van der Waals surface area contributed by atoms with Gasteiger partial charge in [-0.05, 0) is 23.3 Å². The van der Waals surface area contributed by atoms with E-state index >= 15 is 0 Å². The quantitative estimate of drug-likeness (QED) is 0.159. The average Bonchev–Trinajstić information content (AvgIpc) is 2.75. The Labute approximate surface area is 190 Å². The topological polar surface area (TPSA) is 136 Å². The van der Waals surface area contributed by atoms with Gasteiger partial charge in [-0.15, -0.1) is 4.41 Å². The van der Waals surface area contributed by atoms with Gasteiger partial charge < -0.3 is 5.11 Å². The summed E-state index contributed by atoms with van der Waals surface area (Å²) >= 11 is 0. The van der Waals surface area contributed by atoms with Crippen molar-refractivity contribution >= 4 is 21.8 Å². The molecule has 0 spiro atoms. The third-order valence-corrected chi connectivity index (χ3v) is 6.43. The highest BCUT2D eigenvalue weighted by Gasteiger charge is 2.43. The molecule has 0 aliphatic carbocycles. The Bertz CT molecular complexity index is 886. The maximum atomic E-state index is 13.3. The minimum atomic E-state index is -3.88. The first kappa shape index (κ1) is 27.8. The zero-order valence-electron chi connectivity index (χ0n) is 19.3. The van der Waals surface area contributed by atoms with Gasteiger partial charge in [0.25, 0.3) is 5.91 Å². The highest BCUT2D eigenvalue weighted by molar-refractivity contribution is 7.88. The Morgan fingerprint density at radius 1 is 1.19 bits per heavy atom. The van der Waals surface area contributed by atoms with Crippen LogP contribution in [0.5, 0.6) is 0 Å². The van der Waals surface area contributed by atoms with E-state index < -0.39 is 45.0 Å². The maximum absolute atomic E-state index is 13.3. The molecule has 4 N–H and O–H groups in total. The van der Waals surface area contributed by atoms with Crippen LogP contribution in [0.15, 0.2) is 42.5 Å². The number of aliphatic hydroxyl groups is 1. The highest BCUT2D eigenvalue weighted by Crippen LogP contribution is 2.38. The summed E-state index contributed by atoms with van der Waals surface area (Å²) < 4.78 is 25.1. The summed E-state index contributed by atoms with van der Waals surface area (Å²) in [6, 6.07) is 9.31. The number of hydrogen-bond acceptors (Lipinski definition) is 6. The van der Waals surface area contributed by atoms with Crippen LogP contribution in [0.3, 0.4) is 0 Å². The molecule has 1 rings (SSSR count). The summed E-state index contributed by atoms with van der Waals surface area (Å²) in [5.74, 6) is -4.45. The first-order valence-electron chi connectivity index (χ1n) is 10.4. The summed E-state index contributed by atoms with van der Waals surface area (Å²) in [7, 11) is -3.88. The summed E-state index contributed by atoms with van der Waals surface area (Å²) in [4.78, 5) is 25.9. The van der Waals surface area contributed by atoms with Crippen molar-refractivity contribution < 1.29 is 28.3 Å². The van der Waals surface area contributed by atoms with E-state index in [0.29, 0.717) is 10.8 Å². The number of hydrazine groups is 1. The van der Waals surface area contributed by atoms with Crippen LogP contribution in [0.1, 0.15) is 39.7 Å². The van der Waals surface area contributed by atoms with Crippen LogP contribution in [0.25, 0.3) is 0 Å². The second-order valence-corrected chi connectivity index (χ2v) is 10.4. The van der Waals surface area contributed by atoms with Gasteiger partial charge in [0, 0.05) is 19.1 Å². The SMILES string of the molecule is CCC=CC([C@H](C(=O)NO)C(=O)NN(C[C@@H](C)CO)S(C)(=O)=O)C(C)(C)c1ccccc1. The second-order valence-electron chi connectivity index (χ2n) is 8.46. The molecule has 3 atom stereocenters. The Hall–Kier alpha value is -2.27. The molecule has 0 saturated heterocycles. The fourth-order valence-electron chi connectivity index (χ4n) is 3.42. The molecule has 1 unspecified atom stereocenters. The minimum absolute atomic E-state index is 0.175. The van der Waals surface area contributed by atoms with Gasteiger partial charge >= 0.3 is 0 Å². The fraction of sp³-hybridized carbons (Fsp3) is 0.545. The lowest BCUT2D eigenvalue weighted by Gasteiger charge is -2.37. The summed E-state index contributed by atoms with van der Waals surface area (Å²) in [6.07, 6.45) is 5.14. The van der Waals surface area contributed by atoms with Crippen molar-refractivity contribution in [2.24, 2.45) is 17.8 Å². The molecule has 1 aromatic carbocycles. The number of nitrogens with zero attached hydrogens (tertiary/aromatic N) is 1. The number of hydrogen-bond donors (Lipinski definition) is 4. The number of allylic oxidation sites excluding steroid dienone is 2. The number of amides is 2. The van der Waals surface area contributed by atoms with Gasteiger partial charge in [-0.3, -0.25) is 20.2 Å². The standard InChI is InChI=1S/C22H35N3O6S/c1-6-7-13-18(22(3,4)17-11-9-8-10-12-17)19(21(28)24-29)20(27)23-25(32(5,30)31)14-16(2)15-26/h7-13,16,18-19,26,29H,6,14-15H2,1-5H3,(H,23,27)(H,24,28)/t16-,18?,19+/m1/s1. The van der Waals surface area contributed by atoms with E-state index in [1.54, 1.807) is 18.5 Å². The highest BCUT2D eigenvalue weighted by atomic mass is 32.2. The van der Waals surface area contributed by atoms with Crippen LogP contribution >= 0.6 is 0 Å². The molecule has 0 fully saturated rings. The molecule has 32 heavy (non-hydrogen) atoms. The lowest BCUT2D eigenvalue weighted by molar-refractivity contribution is -0.145. The fourth-order valence-corrected chi connectivity index (χ4v) is 4.20. The number of sulfonamides is 1. The van der Waals surface area contributed by atoms with Crippen molar-refractivity contribution in [1.29, 1.82) is 0 Å². The van der Waals surface area contributed by atoms with Crippen molar-refractivity contribution in [2.45, 2.75) is 39.5 Å². The van der Waals surface area contributed by atoms with Crippen LogP contribution < -0.4 is 10.9 Å². The number of benzene rings is 1. The summed E-state index contributed by atoms with van der Waals surface area (Å²) in [5, 5.41) is 18.7. The third kappa shape index (κ3) is 7.40. The van der Waals surface area contributed by atoms with Gasteiger partial charge in [0.05, 0.1) is 6.26 Å². The van der Waals surface area contributed by atoms with Gasteiger partial charge in [0.2, 0.25) is 15.9 Å². The van der Waals surface area contributed by atoms with Crippen LogP contribution in [-0.4, -0.2) is 54.4 Å². The Balaban J connectivity index is 3.46. The van der Waals surface area contributed by atoms with Crippen molar-refractivity contribution in [2.75, 3.05) is 19.4 Å². The number of nitrogens with one attached hydrogen (secondary N) is 2. The lowest BCUT2D eigenvalue weighted by atomic mass is 9.67. The van der Waals surface area contributed by atoms with Gasteiger partial charge in [0.1, 0.15) is 5.92 Å². The first-order valence-corrected chi connectivity index (χ1v) is 12.3. The smallest absolute Gasteiger partial charge is 0.256 e. The van der Waals surface area contributed by atoms with Crippen LogP contribution in [0.4, 0.5) is 0 Å². The third-order valence-electron chi connectivity index (χ3n) is 5.39.